The van der Waals surface area contributed by atoms with Crippen LogP contribution in [0.2, 0.25) is 0 Å². The van der Waals surface area contributed by atoms with Gasteiger partial charge >= 0.3 is 0 Å². The summed E-state index contributed by atoms with van der Waals surface area (Å²) in [5.41, 5.74) is 5.27. The monoisotopic (exact) mass is 198 g/mol. The first-order valence-corrected chi connectivity index (χ1v) is 4.81. The number of hydrogen-bond donors (Lipinski definition) is 2. The van der Waals surface area contributed by atoms with Crippen molar-refractivity contribution in [3.63, 3.8) is 0 Å². The van der Waals surface area contributed by atoms with Crippen molar-refractivity contribution in [2.45, 2.75) is 13.0 Å². The molecule has 5 heteroatoms. The van der Waals surface area contributed by atoms with E-state index in [4.69, 9.17) is 11.1 Å². The second-order valence-electron chi connectivity index (χ2n) is 3.16. The zero-order valence-corrected chi connectivity index (χ0v) is 8.69. The van der Waals surface area contributed by atoms with Gasteiger partial charge in [-0.2, -0.15) is 0 Å². The van der Waals surface area contributed by atoms with E-state index in [1.54, 1.807) is 11.3 Å². The van der Waals surface area contributed by atoms with Crippen molar-refractivity contribution in [2.24, 2.45) is 5.73 Å². The Hall–Kier alpha value is -0.940. The van der Waals surface area contributed by atoms with Crippen LogP contribution < -0.4 is 5.73 Å². The molecule has 0 aliphatic heterocycles. The summed E-state index contributed by atoms with van der Waals surface area (Å²) in [6.45, 7) is 0.898. The van der Waals surface area contributed by atoms with Gasteiger partial charge in [-0.15, -0.1) is 11.3 Å². The lowest BCUT2D eigenvalue weighted by molar-refractivity contribution is 0.406. The molecule has 72 valence electrons. The molecule has 0 atom stereocenters. The normalized spacial score (nSPS) is 10.7. The number of nitrogens with zero attached hydrogens (tertiary/aromatic N) is 2. The first-order chi connectivity index (χ1) is 6.08. The zero-order valence-electron chi connectivity index (χ0n) is 7.87. The number of nitrogens with one attached hydrogen (secondary N) is 1. The Kier molecular flexibility index (Phi) is 3.39. The minimum Gasteiger partial charge on any atom is -0.387 e. The number of hydrogen-bond acceptors (Lipinski definition) is 4. The second-order valence-corrected chi connectivity index (χ2v) is 4.36. The molecule has 0 aromatic carbocycles. The number of thiazole rings is 1. The van der Waals surface area contributed by atoms with Crippen molar-refractivity contribution >= 4 is 17.2 Å². The lowest BCUT2D eigenvalue weighted by Gasteiger charge is -2.05. The van der Waals surface area contributed by atoms with Crippen LogP contribution in [0.3, 0.4) is 0 Å². The molecule has 4 nitrogen and oxygen atoms in total. The van der Waals surface area contributed by atoms with E-state index in [-0.39, 0.29) is 5.84 Å². The van der Waals surface area contributed by atoms with E-state index in [2.05, 4.69) is 9.88 Å². The number of aromatic nitrogens is 1. The summed E-state index contributed by atoms with van der Waals surface area (Å²) in [6.07, 6.45) is 2.32. The molecule has 3 N–H and O–H groups in total. The van der Waals surface area contributed by atoms with Crippen LogP contribution in [0.1, 0.15) is 9.88 Å². The summed E-state index contributed by atoms with van der Waals surface area (Å²) in [4.78, 5) is 7.48. The molecule has 13 heavy (non-hydrogen) atoms. The Balaban J connectivity index is 2.58. The van der Waals surface area contributed by atoms with Crippen LogP contribution in [0.4, 0.5) is 0 Å². The van der Waals surface area contributed by atoms with E-state index in [0.29, 0.717) is 6.42 Å². The van der Waals surface area contributed by atoms with Gasteiger partial charge < -0.3 is 10.6 Å². The van der Waals surface area contributed by atoms with Crippen molar-refractivity contribution in [1.82, 2.24) is 9.88 Å². The van der Waals surface area contributed by atoms with Crippen molar-refractivity contribution in [2.75, 3.05) is 14.1 Å². The predicted octanol–water partition coefficient (Wildman–Crippen LogP) is 0.683. The van der Waals surface area contributed by atoms with Gasteiger partial charge in [-0.05, 0) is 14.1 Å². The van der Waals surface area contributed by atoms with Gasteiger partial charge in [0.05, 0.1) is 12.3 Å². The topological polar surface area (TPSA) is 66.0 Å². The molecule has 1 aromatic heterocycles. The molecule has 1 heterocycles. The molecule has 0 bridgehead atoms. The lowest BCUT2D eigenvalue weighted by atomic mass is 10.4. The van der Waals surface area contributed by atoms with Gasteiger partial charge in [-0.3, -0.25) is 5.41 Å². The van der Waals surface area contributed by atoms with Crippen LogP contribution in [0.25, 0.3) is 0 Å². The molecular formula is C8H14N4S. The fraction of sp³-hybridized carbons (Fsp3) is 0.500. The minimum absolute atomic E-state index is 0.172. The molecule has 0 saturated carbocycles. The highest BCUT2D eigenvalue weighted by molar-refractivity contribution is 7.11. The van der Waals surface area contributed by atoms with Gasteiger partial charge in [-0.25, -0.2) is 4.98 Å². The summed E-state index contributed by atoms with van der Waals surface area (Å²) < 4.78 is 0. The fourth-order valence-corrected chi connectivity index (χ4v) is 2.04. The largest absolute Gasteiger partial charge is 0.387 e. The number of nitrogens with two attached hydrogens (primary N) is 1. The van der Waals surface area contributed by atoms with Gasteiger partial charge in [0.2, 0.25) is 0 Å². The molecule has 0 spiro atoms. The van der Waals surface area contributed by atoms with Crippen molar-refractivity contribution in [3.8, 4) is 0 Å². The predicted molar refractivity (Wildman–Crippen MR) is 55.1 cm³/mol. The number of rotatable bonds is 4. The van der Waals surface area contributed by atoms with E-state index < -0.39 is 0 Å². The first-order valence-electron chi connectivity index (χ1n) is 3.99. The molecule has 1 rings (SSSR count). The van der Waals surface area contributed by atoms with Gasteiger partial charge in [-0.1, -0.05) is 0 Å². The molecule has 0 aliphatic rings. The quantitative estimate of drug-likeness (QED) is 0.552. The van der Waals surface area contributed by atoms with E-state index >= 15 is 0 Å². The lowest BCUT2D eigenvalue weighted by Crippen LogP contribution is -2.12. The maximum atomic E-state index is 7.12. The third-order valence-electron chi connectivity index (χ3n) is 1.42. The highest BCUT2D eigenvalue weighted by Gasteiger charge is 2.03. The SMILES string of the molecule is CN(C)Cc1cnc(CC(=N)N)s1. The third-order valence-corrected chi connectivity index (χ3v) is 2.40. The van der Waals surface area contributed by atoms with E-state index in [9.17, 15) is 0 Å². The summed E-state index contributed by atoms with van der Waals surface area (Å²) >= 11 is 1.62. The Labute approximate surface area is 81.9 Å². The van der Waals surface area contributed by atoms with Crippen LogP contribution in [0.15, 0.2) is 6.20 Å². The molecule has 0 saturated heterocycles. The Morgan fingerprint density at radius 1 is 1.69 bits per heavy atom. The van der Waals surface area contributed by atoms with Gasteiger partial charge in [0.1, 0.15) is 5.01 Å². The molecule has 0 unspecified atom stereocenters. The third kappa shape index (κ3) is 3.52. The summed E-state index contributed by atoms with van der Waals surface area (Å²) in [7, 11) is 4.04. The average Bonchev–Trinajstić information content (AvgIpc) is 2.33. The zero-order chi connectivity index (χ0) is 9.84. The van der Waals surface area contributed by atoms with Crippen LogP contribution >= 0.6 is 11.3 Å². The Bertz CT molecular complexity index is 292. The van der Waals surface area contributed by atoms with Gasteiger partial charge in [0.25, 0.3) is 0 Å². The fourth-order valence-electron chi connectivity index (χ4n) is 0.977. The highest BCUT2D eigenvalue weighted by Crippen LogP contribution is 2.14. The minimum atomic E-state index is 0.172. The van der Waals surface area contributed by atoms with E-state index in [0.717, 1.165) is 11.6 Å². The maximum absolute atomic E-state index is 7.12. The Morgan fingerprint density at radius 2 is 2.38 bits per heavy atom. The van der Waals surface area contributed by atoms with Crippen molar-refractivity contribution < 1.29 is 0 Å². The first kappa shape index (κ1) is 10.1. The van der Waals surface area contributed by atoms with Crippen molar-refractivity contribution in [3.05, 3.63) is 16.1 Å². The molecule has 0 aliphatic carbocycles. The summed E-state index contributed by atoms with van der Waals surface area (Å²) in [6, 6.07) is 0. The number of amidine groups is 1. The summed E-state index contributed by atoms with van der Waals surface area (Å²) in [5, 5.41) is 8.04. The van der Waals surface area contributed by atoms with Crippen LogP contribution in [0.5, 0.6) is 0 Å². The standard InChI is InChI=1S/C8H14N4S/c1-12(2)5-6-4-11-8(13-6)3-7(9)10/h4H,3,5H2,1-2H3,(H3,9,10). The highest BCUT2D eigenvalue weighted by atomic mass is 32.1. The van der Waals surface area contributed by atoms with Crippen LogP contribution in [0, 0.1) is 5.41 Å². The average molecular weight is 198 g/mol. The Morgan fingerprint density at radius 3 is 2.92 bits per heavy atom. The smallest absolute Gasteiger partial charge is 0.100 e. The van der Waals surface area contributed by atoms with Crippen LogP contribution in [-0.2, 0) is 13.0 Å². The van der Waals surface area contributed by atoms with E-state index in [1.807, 2.05) is 20.3 Å². The van der Waals surface area contributed by atoms with Gasteiger partial charge in [0.15, 0.2) is 0 Å². The molecular weight excluding hydrogens is 184 g/mol. The molecule has 0 amide bonds. The molecule has 0 fully saturated rings. The maximum Gasteiger partial charge on any atom is 0.100 e. The van der Waals surface area contributed by atoms with E-state index in [1.165, 1.54) is 4.88 Å². The van der Waals surface area contributed by atoms with Crippen LogP contribution in [-0.4, -0.2) is 29.8 Å². The van der Waals surface area contributed by atoms with Gasteiger partial charge in [0, 0.05) is 17.6 Å². The van der Waals surface area contributed by atoms with Crippen molar-refractivity contribution in [1.29, 1.82) is 5.41 Å². The summed E-state index contributed by atoms with van der Waals surface area (Å²) in [5.74, 6) is 0.172. The molecule has 0 radical (unpaired) electrons. The molecule has 1 aromatic rings. The second kappa shape index (κ2) is 4.34.